The van der Waals surface area contributed by atoms with E-state index in [1.807, 2.05) is 0 Å². The molecule has 0 radical (unpaired) electrons. The molecule has 0 saturated heterocycles. The average Bonchev–Trinajstić information content (AvgIpc) is 1.68. The van der Waals surface area contributed by atoms with E-state index in [1.165, 1.54) is 6.08 Å². The van der Waals surface area contributed by atoms with Crippen LogP contribution in [0.25, 0.3) is 0 Å². The molecular weight excluding hydrogens is 88.1 g/mol. The van der Waals surface area contributed by atoms with Crippen molar-refractivity contribution in [2.45, 2.75) is 6.10 Å². The van der Waals surface area contributed by atoms with E-state index in [9.17, 15) is 0 Å². The zero-order valence-electron chi connectivity index (χ0n) is 3.89. The molecule has 36 valence electrons. The average molecular weight is 94.1 g/mol. The van der Waals surface area contributed by atoms with Crippen molar-refractivity contribution in [3.63, 3.8) is 0 Å². The lowest BCUT2D eigenvalue weighted by Gasteiger charge is -1.84. The first-order valence-corrected chi connectivity index (χ1v) is 1.81. The highest BCUT2D eigenvalue weighted by Crippen LogP contribution is 1.76. The van der Waals surface area contributed by atoms with E-state index in [2.05, 4.69) is 18.2 Å². The van der Waals surface area contributed by atoms with Crippen LogP contribution in [0.5, 0.6) is 0 Å². The van der Waals surface area contributed by atoms with Crippen molar-refractivity contribution in [2.75, 3.05) is 0 Å². The lowest BCUT2D eigenvalue weighted by molar-refractivity contribution is 0.281. The van der Waals surface area contributed by atoms with Crippen molar-refractivity contribution in [3.8, 4) is 12.3 Å². The monoisotopic (exact) mass is 94.0 g/mol. The van der Waals surface area contributed by atoms with E-state index in [-0.39, 0.29) is 0 Å². The molecule has 0 heterocycles. The third kappa shape index (κ3) is 2.85. The number of aliphatic hydroxyl groups is 1. The minimum atomic E-state index is -0.822. The van der Waals surface area contributed by atoms with Gasteiger partial charge in [-0.2, -0.15) is 0 Å². The molecule has 0 aromatic carbocycles. The summed E-state index contributed by atoms with van der Waals surface area (Å²) in [6.45, 7) is 3.21. The van der Waals surface area contributed by atoms with E-state index in [0.29, 0.717) is 0 Å². The Bertz CT molecular complexity index is 124. The Hall–Kier alpha value is -0.960. The second kappa shape index (κ2) is 3.24. The van der Waals surface area contributed by atoms with Crippen molar-refractivity contribution < 1.29 is 5.11 Å². The van der Waals surface area contributed by atoms with E-state index in [1.54, 1.807) is 0 Å². The Morgan fingerprint density at radius 2 is 2.43 bits per heavy atom. The Kier molecular flexibility index (Phi) is 2.79. The summed E-state index contributed by atoms with van der Waals surface area (Å²) in [4.78, 5) is 0. The summed E-state index contributed by atoms with van der Waals surface area (Å²) >= 11 is 0. The van der Waals surface area contributed by atoms with Gasteiger partial charge in [0, 0.05) is 0 Å². The minimum Gasteiger partial charge on any atom is -0.376 e. The van der Waals surface area contributed by atoms with Gasteiger partial charge < -0.3 is 5.11 Å². The number of hydrogen-bond donors (Lipinski definition) is 1. The summed E-state index contributed by atoms with van der Waals surface area (Å²) in [5, 5.41) is 8.46. The molecule has 1 nitrogen and oxygen atoms in total. The third-order valence-electron chi connectivity index (χ3n) is 0.446. The van der Waals surface area contributed by atoms with Crippen LogP contribution in [0.15, 0.2) is 18.4 Å². The molecule has 0 amide bonds. The molecule has 1 atom stereocenters. The first kappa shape index (κ1) is 6.04. The SMILES string of the molecule is C#CC(O)C=C=C. The molecule has 0 spiro atoms. The molecule has 1 N–H and O–H groups in total. The summed E-state index contributed by atoms with van der Waals surface area (Å²) in [6.07, 6.45) is 5.24. The van der Waals surface area contributed by atoms with Gasteiger partial charge in [-0.3, -0.25) is 0 Å². The molecule has 1 heteroatoms. The van der Waals surface area contributed by atoms with Gasteiger partial charge in [-0.25, -0.2) is 0 Å². The van der Waals surface area contributed by atoms with Crippen molar-refractivity contribution in [1.29, 1.82) is 0 Å². The molecule has 0 aromatic heterocycles. The molecule has 0 aliphatic carbocycles. The highest BCUT2D eigenvalue weighted by Gasteiger charge is 1.83. The van der Waals surface area contributed by atoms with Crippen molar-refractivity contribution in [3.05, 3.63) is 18.4 Å². The molecule has 7 heavy (non-hydrogen) atoms. The van der Waals surface area contributed by atoms with Crippen LogP contribution in [0.4, 0.5) is 0 Å². The van der Waals surface area contributed by atoms with Crippen LogP contribution in [-0.2, 0) is 0 Å². The van der Waals surface area contributed by atoms with Gasteiger partial charge in [-0.15, -0.1) is 12.2 Å². The smallest absolute Gasteiger partial charge is 0.140 e. The van der Waals surface area contributed by atoms with Crippen LogP contribution >= 0.6 is 0 Å². The standard InChI is InChI=1S/C6H6O/c1-3-5-6(7)4-2/h2,5-7H,1H2. The number of rotatable bonds is 1. The van der Waals surface area contributed by atoms with E-state index < -0.39 is 6.10 Å². The van der Waals surface area contributed by atoms with Crippen LogP contribution in [0.3, 0.4) is 0 Å². The van der Waals surface area contributed by atoms with Gasteiger partial charge in [0.15, 0.2) is 0 Å². The predicted octanol–water partition coefficient (Wildman–Crippen LogP) is 0.322. The third-order valence-corrected chi connectivity index (χ3v) is 0.446. The minimum absolute atomic E-state index is 0.822. The number of terminal acetylenes is 1. The van der Waals surface area contributed by atoms with Crippen LogP contribution in [0.1, 0.15) is 0 Å². The molecule has 0 saturated carbocycles. The van der Waals surface area contributed by atoms with Gasteiger partial charge in [0.1, 0.15) is 6.10 Å². The molecule has 0 aliphatic heterocycles. The van der Waals surface area contributed by atoms with Gasteiger partial charge in [0.2, 0.25) is 0 Å². The summed E-state index contributed by atoms with van der Waals surface area (Å²) in [7, 11) is 0. The van der Waals surface area contributed by atoms with Gasteiger partial charge in [-0.05, 0) is 6.08 Å². The summed E-state index contributed by atoms with van der Waals surface area (Å²) in [5.74, 6) is 2.06. The topological polar surface area (TPSA) is 20.2 Å². The quantitative estimate of drug-likeness (QED) is 0.366. The lowest BCUT2D eigenvalue weighted by atomic mass is 10.4. The van der Waals surface area contributed by atoms with Crippen LogP contribution < -0.4 is 0 Å². The molecule has 0 rings (SSSR count). The Morgan fingerprint density at radius 1 is 1.86 bits per heavy atom. The van der Waals surface area contributed by atoms with Crippen LogP contribution in [0.2, 0.25) is 0 Å². The Labute approximate surface area is 43.0 Å². The maximum absolute atomic E-state index is 8.46. The van der Waals surface area contributed by atoms with Crippen molar-refractivity contribution in [2.24, 2.45) is 0 Å². The highest BCUT2D eigenvalue weighted by molar-refractivity contribution is 5.04. The second-order valence-electron chi connectivity index (χ2n) is 0.982. The molecule has 0 fully saturated rings. The summed E-state index contributed by atoms with van der Waals surface area (Å²) in [5.41, 5.74) is 2.35. The molecule has 0 aromatic rings. The normalized spacial score (nSPS) is 10.9. The number of hydrogen-bond acceptors (Lipinski definition) is 1. The summed E-state index contributed by atoms with van der Waals surface area (Å²) < 4.78 is 0. The fourth-order valence-electron chi connectivity index (χ4n) is 0.160. The second-order valence-corrected chi connectivity index (χ2v) is 0.982. The van der Waals surface area contributed by atoms with Gasteiger partial charge in [0.25, 0.3) is 0 Å². The van der Waals surface area contributed by atoms with E-state index in [0.717, 1.165) is 0 Å². The van der Waals surface area contributed by atoms with Gasteiger partial charge in [-0.1, -0.05) is 12.5 Å². The molecule has 0 bridgehead atoms. The zero-order valence-corrected chi connectivity index (χ0v) is 3.89. The van der Waals surface area contributed by atoms with E-state index in [4.69, 9.17) is 11.5 Å². The number of aliphatic hydroxyl groups excluding tert-OH is 1. The Morgan fingerprint density at radius 3 is 2.57 bits per heavy atom. The van der Waals surface area contributed by atoms with Crippen molar-refractivity contribution in [1.82, 2.24) is 0 Å². The highest BCUT2D eigenvalue weighted by atomic mass is 16.3. The largest absolute Gasteiger partial charge is 0.376 e. The molecule has 0 aliphatic rings. The lowest BCUT2D eigenvalue weighted by Crippen LogP contribution is -1.93. The van der Waals surface area contributed by atoms with E-state index >= 15 is 0 Å². The first-order chi connectivity index (χ1) is 3.31. The maximum atomic E-state index is 8.46. The molecule has 1 unspecified atom stereocenters. The van der Waals surface area contributed by atoms with Gasteiger partial charge in [0.05, 0.1) is 0 Å². The van der Waals surface area contributed by atoms with Crippen LogP contribution in [0, 0.1) is 12.3 Å². The van der Waals surface area contributed by atoms with Crippen molar-refractivity contribution >= 4 is 0 Å². The molecular formula is C6H6O. The maximum Gasteiger partial charge on any atom is 0.140 e. The fourth-order valence-corrected chi connectivity index (χ4v) is 0.160. The fraction of sp³-hybridized carbons (Fsp3) is 0.167. The predicted molar refractivity (Wildman–Crippen MR) is 28.5 cm³/mol. The van der Waals surface area contributed by atoms with Crippen LogP contribution in [-0.4, -0.2) is 11.2 Å². The Balaban J connectivity index is 3.64. The summed E-state index contributed by atoms with van der Waals surface area (Å²) in [6, 6.07) is 0. The van der Waals surface area contributed by atoms with Gasteiger partial charge >= 0.3 is 0 Å². The zero-order chi connectivity index (χ0) is 5.70. The first-order valence-electron chi connectivity index (χ1n) is 1.81.